The minimum absolute atomic E-state index is 0.716. The van der Waals surface area contributed by atoms with Crippen LogP contribution in [0.1, 0.15) is 0 Å². The fraction of sp³-hybridized carbons (Fsp3) is 0. The van der Waals surface area contributed by atoms with Crippen molar-refractivity contribution in [2.75, 3.05) is 0 Å². The fourth-order valence-electron chi connectivity index (χ4n) is 6.99. The van der Waals surface area contributed by atoms with Crippen LogP contribution in [0.25, 0.3) is 87.1 Å². The Balaban J connectivity index is 1.10. The molecule has 0 unspecified atom stereocenters. The van der Waals surface area contributed by atoms with Crippen molar-refractivity contribution in [3.05, 3.63) is 158 Å². The number of hydrogen-bond acceptors (Lipinski definition) is 4. The van der Waals surface area contributed by atoms with E-state index in [1.807, 2.05) is 12.1 Å². The second kappa shape index (κ2) is 10.7. The zero-order valence-corrected chi connectivity index (χ0v) is 26.5. The van der Waals surface area contributed by atoms with E-state index in [-0.39, 0.29) is 0 Å². The highest BCUT2D eigenvalue weighted by Crippen LogP contribution is 2.50. The lowest BCUT2D eigenvalue weighted by Crippen LogP contribution is -2.00. The average Bonchev–Trinajstić information content (AvgIpc) is 3.54. The molecule has 0 radical (unpaired) electrons. The summed E-state index contributed by atoms with van der Waals surface area (Å²) in [6.07, 6.45) is 0. The van der Waals surface area contributed by atoms with E-state index in [1.54, 1.807) is 11.3 Å². The highest BCUT2D eigenvalue weighted by Gasteiger charge is 2.24. The highest BCUT2D eigenvalue weighted by atomic mass is 32.1. The summed E-state index contributed by atoms with van der Waals surface area (Å²) in [4.78, 5) is 10.5. The van der Waals surface area contributed by atoms with Gasteiger partial charge in [0, 0.05) is 32.2 Å². The van der Waals surface area contributed by atoms with Crippen molar-refractivity contribution in [1.29, 1.82) is 0 Å². The zero-order chi connectivity index (χ0) is 31.6. The smallest absolute Gasteiger partial charge is 0.161 e. The van der Waals surface area contributed by atoms with E-state index in [4.69, 9.17) is 14.7 Å². The molecule has 1 aliphatic heterocycles. The van der Waals surface area contributed by atoms with E-state index < -0.39 is 0 Å². The van der Waals surface area contributed by atoms with Crippen LogP contribution in [0, 0.1) is 0 Å². The molecule has 0 bridgehead atoms. The molecular formula is C44H26N2OS. The third-order valence-corrected chi connectivity index (χ3v) is 10.5. The first-order valence-electron chi connectivity index (χ1n) is 16.1. The Hall–Kier alpha value is -6.10. The van der Waals surface area contributed by atoms with Crippen molar-refractivity contribution >= 4 is 42.4 Å². The normalized spacial score (nSPS) is 11.9. The molecule has 0 saturated heterocycles. The molecule has 0 amide bonds. The standard InChI is InChI=1S/C44H26N2OS/c1-3-10-27(11-4-1)28-18-20-29(21-19-28)31-22-23-32-33-15-9-16-34-35(24-25-37(40(33)34)47-38(32)26-31)44-45-41(30-12-5-2-6-13-30)43-42(46-44)36-14-7-8-17-39(36)48-43/h1-26H. The molecular weight excluding hydrogens is 605 g/mol. The minimum atomic E-state index is 0.716. The van der Waals surface area contributed by atoms with Gasteiger partial charge in [0.05, 0.1) is 15.9 Å². The minimum Gasteiger partial charge on any atom is -0.456 e. The molecule has 224 valence electrons. The van der Waals surface area contributed by atoms with Crippen LogP contribution < -0.4 is 4.74 Å². The molecule has 0 fully saturated rings. The average molecular weight is 631 g/mol. The van der Waals surface area contributed by atoms with E-state index in [9.17, 15) is 0 Å². The van der Waals surface area contributed by atoms with Gasteiger partial charge < -0.3 is 4.74 Å². The Morgan fingerprint density at radius 2 is 1.08 bits per heavy atom. The number of nitrogens with zero attached hydrogens (tertiary/aromatic N) is 2. The van der Waals surface area contributed by atoms with Crippen LogP contribution in [0.3, 0.4) is 0 Å². The largest absolute Gasteiger partial charge is 0.456 e. The van der Waals surface area contributed by atoms with E-state index in [0.717, 1.165) is 76.9 Å². The monoisotopic (exact) mass is 630 g/mol. The Bertz CT molecular complexity index is 2680. The first-order chi connectivity index (χ1) is 23.8. The molecule has 3 nitrogen and oxygen atoms in total. The van der Waals surface area contributed by atoms with Crippen molar-refractivity contribution < 1.29 is 4.74 Å². The number of hydrogen-bond donors (Lipinski definition) is 0. The van der Waals surface area contributed by atoms with Crippen LogP contribution in [0.4, 0.5) is 0 Å². The molecule has 4 heteroatoms. The van der Waals surface area contributed by atoms with Gasteiger partial charge in [0.1, 0.15) is 11.5 Å². The van der Waals surface area contributed by atoms with Gasteiger partial charge in [0.25, 0.3) is 0 Å². The molecule has 0 spiro atoms. The summed E-state index contributed by atoms with van der Waals surface area (Å²) < 4.78 is 8.99. The van der Waals surface area contributed by atoms with Gasteiger partial charge in [-0.2, -0.15) is 0 Å². The van der Waals surface area contributed by atoms with Gasteiger partial charge in [-0.25, -0.2) is 9.97 Å². The Morgan fingerprint density at radius 3 is 1.90 bits per heavy atom. The molecule has 2 aromatic heterocycles. The topological polar surface area (TPSA) is 35.0 Å². The summed E-state index contributed by atoms with van der Waals surface area (Å²) in [7, 11) is 0. The number of thiophene rings is 1. The van der Waals surface area contributed by atoms with E-state index >= 15 is 0 Å². The molecule has 0 aliphatic carbocycles. The van der Waals surface area contributed by atoms with Crippen LogP contribution in [-0.2, 0) is 0 Å². The highest BCUT2D eigenvalue weighted by molar-refractivity contribution is 7.26. The lowest BCUT2D eigenvalue weighted by molar-refractivity contribution is 0.487. The maximum Gasteiger partial charge on any atom is 0.161 e. The van der Waals surface area contributed by atoms with Crippen LogP contribution in [0.5, 0.6) is 11.5 Å². The van der Waals surface area contributed by atoms with Gasteiger partial charge in [0.15, 0.2) is 5.82 Å². The van der Waals surface area contributed by atoms with Crippen molar-refractivity contribution in [3.8, 4) is 67.5 Å². The Kier molecular flexibility index (Phi) is 6.05. The third-order valence-electron chi connectivity index (χ3n) is 9.33. The number of rotatable bonds is 4. The SMILES string of the molecule is c1ccc(-c2ccc(-c3ccc4c(c3)Oc3ccc(-c5nc(-c6ccccc6)c6sc7ccccc7c6n5)c5cccc-4c35)cc2)cc1. The van der Waals surface area contributed by atoms with Gasteiger partial charge >= 0.3 is 0 Å². The maximum atomic E-state index is 6.66. The van der Waals surface area contributed by atoms with E-state index in [1.165, 1.54) is 15.8 Å². The molecule has 0 N–H and O–H groups in total. The van der Waals surface area contributed by atoms with Gasteiger partial charge in [-0.3, -0.25) is 0 Å². The van der Waals surface area contributed by atoms with Crippen LogP contribution in [0.2, 0.25) is 0 Å². The predicted octanol–water partition coefficient (Wildman–Crippen LogP) is 12.4. The number of benzene rings is 7. The third kappa shape index (κ3) is 4.27. The summed E-state index contributed by atoms with van der Waals surface area (Å²) in [5.74, 6) is 2.42. The first kappa shape index (κ1) is 27.1. The van der Waals surface area contributed by atoms with Gasteiger partial charge in [-0.15, -0.1) is 11.3 Å². The maximum absolute atomic E-state index is 6.66. The van der Waals surface area contributed by atoms with E-state index in [0.29, 0.717) is 5.82 Å². The van der Waals surface area contributed by atoms with Crippen LogP contribution in [-0.4, -0.2) is 9.97 Å². The molecule has 3 heterocycles. The quantitative estimate of drug-likeness (QED) is 0.194. The summed E-state index contributed by atoms with van der Waals surface area (Å²) in [6, 6.07) is 55.4. The fourth-order valence-corrected chi connectivity index (χ4v) is 8.15. The van der Waals surface area contributed by atoms with E-state index in [2.05, 4.69) is 146 Å². The lowest BCUT2D eigenvalue weighted by Gasteiger charge is -2.23. The number of fused-ring (bicyclic) bond motifs is 5. The van der Waals surface area contributed by atoms with Gasteiger partial charge in [-0.05, 0) is 63.5 Å². The lowest BCUT2D eigenvalue weighted by atomic mass is 9.91. The molecule has 48 heavy (non-hydrogen) atoms. The molecule has 1 aliphatic rings. The summed E-state index contributed by atoms with van der Waals surface area (Å²) in [5, 5.41) is 3.32. The summed E-state index contributed by atoms with van der Waals surface area (Å²) >= 11 is 1.75. The second-order valence-electron chi connectivity index (χ2n) is 12.1. The zero-order valence-electron chi connectivity index (χ0n) is 25.7. The Morgan fingerprint density at radius 1 is 0.438 bits per heavy atom. The van der Waals surface area contributed by atoms with Gasteiger partial charge in [-0.1, -0.05) is 127 Å². The van der Waals surface area contributed by atoms with Gasteiger partial charge in [0.2, 0.25) is 0 Å². The molecule has 7 aromatic carbocycles. The summed E-state index contributed by atoms with van der Waals surface area (Å²) in [6.45, 7) is 0. The van der Waals surface area contributed by atoms with Crippen molar-refractivity contribution in [2.24, 2.45) is 0 Å². The molecule has 10 rings (SSSR count). The van der Waals surface area contributed by atoms with Crippen molar-refractivity contribution in [3.63, 3.8) is 0 Å². The van der Waals surface area contributed by atoms with Crippen molar-refractivity contribution in [1.82, 2.24) is 9.97 Å². The number of aromatic nitrogens is 2. The predicted molar refractivity (Wildman–Crippen MR) is 200 cm³/mol. The second-order valence-corrected chi connectivity index (χ2v) is 13.2. The van der Waals surface area contributed by atoms with Crippen LogP contribution in [0.15, 0.2) is 158 Å². The van der Waals surface area contributed by atoms with Crippen molar-refractivity contribution in [2.45, 2.75) is 0 Å². The molecule has 9 aromatic rings. The molecule has 0 saturated carbocycles. The van der Waals surface area contributed by atoms with Crippen LogP contribution >= 0.6 is 11.3 Å². The summed E-state index contributed by atoms with van der Waals surface area (Å²) in [5.41, 5.74) is 11.0. The first-order valence-corrected chi connectivity index (χ1v) is 16.9. The number of ether oxygens (including phenoxy) is 1. The Labute approximate surface area is 281 Å². The molecule has 0 atom stereocenters.